The number of hydrogen-bond donors (Lipinski definition) is 1. The van der Waals surface area contributed by atoms with Crippen LogP contribution in [0.4, 0.5) is 11.5 Å². The number of hydrogen-bond acceptors (Lipinski definition) is 4. The highest BCUT2D eigenvalue weighted by Crippen LogP contribution is 2.22. The number of rotatable bonds is 3. The van der Waals surface area contributed by atoms with E-state index >= 15 is 0 Å². The van der Waals surface area contributed by atoms with Crippen molar-refractivity contribution < 1.29 is 4.79 Å². The number of amides is 1. The van der Waals surface area contributed by atoms with Crippen molar-refractivity contribution in [3.8, 4) is 0 Å². The Morgan fingerprint density at radius 3 is 2.39 bits per heavy atom. The lowest BCUT2D eigenvalue weighted by Crippen LogP contribution is -2.25. The second kappa shape index (κ2) is 7.55. The lowest BCUT2D eigenvalue weighted by atomic mass is 10.2. The molecule has 0 saturated carbocycles. The Morgan fingerprint density at radius 1 is 1.00 bits per heavy atom. The average molecular weight is 375 g/mol. The van der Waals surface area contributed by atoms with Gasteiger partial charge in [-0.2, -0.15) is 0 Å². The van der Waals surface area contributed by atoms with Gasteiger partial charge in [-0.3, -0.25) is 4.79 Å². The van der Waals surface area contributed by atoms with Gasteiger partial charge in [-0.1, -0.05) is 25.0 Å². The van der Waals surface area contributed by atoms with Crippen LogP contribution in [0.1, 0.15) is 36.2 Å². The summed E-state index contributed by atoms with van der Waals surface area (Å²) in [4.78, 5) is 14.5. The van der Waals surface area contributed by atoms with Gasteiger partial charge in [-0.05, 0) is 53.0 Å². The van der Waals surface area contributed by atoms with Gasteiger partial charge in [-0.15, -0.1) is 10.2 Å². The summed E-state index contributed by atoms with van der Waals surface area (Å²) in [5.41, 5.74) is 1.04. The summed E-state index contributed by atoms with van der Waals surface area (Å²) < 4.78 is 0.836. The van der Waals surface area contributed by atoms with Crippen LogP contribution in [0.3, 0.4) is 0 Å². The van der Waals surface area contributed by atoms with E-state index in [1.54, 1.807) is 6.07 Å². The van der Waals surface area contributed by atoms with Crippen LogP contribution in [-0.4, -0.2) is 29.2 Å². The predicted molar refractivity (Wildman–Crippen MR) is 94.8 cm³/mol. The van der Waals surface area contributed by atoms with Crippen molar-refractivity contribution in [3.05, 3.63) is 46.6 Å². The summed E-state index contributed by atoms with van der Waals surface area (Å²) in [6.07, 6.45) is 4.92. The Labute approximate surface area is 144 Å². The van der Waals surface area contributed by atoms with Crippen LogP contribution in [-0.2, 0) is 0 Å². The van der Waals surface area contributed by atoms with Gasteiger partial charge in [0.05, 0.1) is 5.69 Å². The van der Waals surface area contributed by atoms with Crippen LogP contribution < -0.4 is 10.2 Å². The van der Waals surface area contributed by atoms with Crippen molar-refractivity contribution >= 4 is 33.3 Å². The standard InChI is InChI=1S/C17H19BrN4O/c18-13-7-3-4-8-14(13)19-17(23)15-9-10-16(21-20-15)22-11-5-1-2-6-12-22/h3-4,7-10H,1-2,5-6,11-12H2,(H,19,23). The molecule has 1 saturated heterocycles. The molecule has 5 nitrogen and oxygen atoms in total. The van der Waals surface area contributed by atoms with E-state index in [1.807, 2.05) is 30.3 Å². The molecule has 2 heterocycles. The summed E-state index contributed by atoms with van der Waals surface area (Å²) in [6, 6.07) is 11.1. The topological polar surface area (TPSA) is 58.1 Å². The highest BCUT2D eigenvalue weighted by Gasteiger charge is 2.14. The molecule has 1 N–H and O–H groups in total. The second-order valence-corrected chi connectivity index (χ2v) is 6.47. The van der Waals surface area contributed by atoms with Crippen LogP contribution >= 0.6 is 15.9 Å². The highest BCUT2D eigenvalue weighted by atomic mass is 79.9. The molecule has 2 aromatic rings. The number of para-hydroxylation sites is 1. The Bertz CT molecular complexity index is 667. The molecule has 1 aliphatic rings. The van der Waals surface area contributed by atoms with Crippen molar-refractivity contribution in [2.24, 2.45) is 0 Å². The van der Waals surface area contributed by atoms with Crippen molar-refractivity contribution in [1.82, 2.24) is 10.2 Å². The zero-order valence-corrected chi connectivity index (χ0v) is 14.4. The molecule has 1 aromatic heterocycles. The number of aromatic nitrogens is 2. The minimum absolute atomic E-state index is 0.258. The SMILES string of the molecule is O=C(Nc1ccccc1Br)c1ccc(N2CCCCCC2)nn1. The number of carbonyl (C=O) groups is 1. The molecule has 6 heteroatoms. The van der Waals surface area contributed by atoms with Crippen LogP contribution in [0, 0.1) is 0 Å². The molecule has 0 bridgehead atoms. The smallest absolute Gasteiger partial charge is 0.276 e. The van der Waals surface area contributed by atoms with E-state index in [4.69, 9.17) is 0 Å². The Morgan fingerprint density at radius 2 is 1.74 bits per heavy atom. The van der Waals surface area contributed by atoms with Crippen molar-refractivity contribution in [2.45, 2.75) is 25.7 Å². The van der Waals surface area contributed by atoms with Crippen LogP contribution in [0.5, 0.6) is 0 Å². The fraction of sp³-hybridized carbons (Fsp3) is 0.353. The van der Waals surface area contributed by atoms with Gasteiger partial charge in [0.1, 0.15) is 0 Å². The predicted octanol–water partition coefficient (Wildman–Crippen LogP) is 3.87. The molecule has 0 spiro atoms. The summed E-state index contributed by atoms with van der Waals surface area (Å²) in [5.74, 6) is 0.594. The van der Waals surface area contributed by atoms with Gasteiger partial charge >= 0.3 is 0 Å². The quantitative estimate of drug-likeness (QED) is 0.885. The molecule has 0 atom stereocenters. The normalized spacial score (nSPS) is 15.1. The van der Waals surface area contributed by atoms with E-state index in [-0.39, 0.29) is 5.91 Å². The number of nitrogens with zero attached hydrogens (tertiary/aromatic N) is 3. The molecular formula is C17H19BrN4O. The van der Waals surface area contributed by atoms with E-state index < -0.39 is 0 Å². The molecule has 23 heavy (non-hydrogen) atoms. The number of anilines is 2. The van der Waals surface area contributed by atoms with Crippen molar-refractivity contribution in [3.63, 3.8) is 0 Å². The Hall–Kier alpha value is -1.95. The maximum Gasteiger partial charge on any atom is 0.276 e. The molecule has 1 aliphatic heterocycles. The third-order valence-electron chi connectivity index (χ3n) is 3.94. The highest BCUT2D eigenvalue weighted by molar-refractivity contribution is 9.10. The van der Waals surface area contributed by atoms with E-state index in [1.165, 1.54) is 25.7 Å². The van der Waals surface area contributed by atoms with Gasteiger partial charge in [0.15, 0.2) is 11.5 Å². The first-order chi connectivity index (χ1) is 11.2. The molecule has 0 aliphatic carbocycles. The van der Waals surface area contributed by atoms with E-state index in [9.17, 15) is 4.79 Å². The molecule has 1 fully saturated rings. The van der Waals surface area contributed by atoms with Gasteiger partial charge in [0.2, 0.25) is 0 Å². The number of nitrogens with one attached hydrogen (secondary N) is 1. The van der Waals surface area contributed by atoms with E-state index in [0.717, 1.165) is 29.1 Å². The first kappa shape index (κ1) is 15.9. The monoisotopic (exact) mass is 374 g/mol. The van der Waals surface area contributed by atoms with Crippen molar-refractivity contribution in [1.29, 1.82) is 0 Å². The number of benzene rings is 1. The zero-order valence-electron chi connectivity index (χ0n) is 12.8. The molecule has 120 valence electrons. The van der Waals surface area contributed by atoms with Gasteiger partial charge in [0, 0.05) is 17.6 Å². The third-order valence-corrected chi connectivity index (χ3v) is 4.63. The fourth-order valence-corrected chi connectivity index (χ4v) is 3.05. The van der Waals surface area contributed by atoms with Crippen LogP contribution in [0.15, 0.2) is 40.9 Å². The molecule has 3 rings (SSSR count). The summed E-state index contributed by atoms with van der Waals surface area (Å²) in [7, 11) is 0. The van der Waals surface area contributed by atoms with E-state index in [0.29, 0.717) is 5.69 Å². The molecule has 1 aromatic carbocycles. The van der Waals surface area contributed by atoms with Crippen LogP contribution in [0.2, 0.25) is 0 Å². The van der Waals surface area contributed by atoms with E-state index in [2.05, 4.69) is 36.3 Å². The Balaban J connectivity index is 1.69. The largest absolute Gasteiger partial charge is 0.355 e. The summed E-state index contributed by atoms with van der Waals surface area (Å²) in [6.45, 7) is 2.02. The number of halogens is 1. The van der Waals surface area contributed by atoms with Gasteiger partial charge in [0.25, 0.3) is 5.91 Å². The molecule has 0 unspecified atom stereocenters. The maximum absolute atomic E-state index is 12.3. The average Bonchev–Trinajstić information content (AvgIpc) is 2.86. The molecular weight excluding hydrogens is 356 g/mol. The summed E-state index contributed by atoms with van der Waals surface area (Å²) >= 11 is 3.41. The number of carbonyl (C=O) groups excluding carboxylic acids is 1. The zero-order chi connectivity index (χ0) is 16.1. The van der Waals surface area contributed by atoms with Crippen LogP contribution in [0.25, 0.3) is 0 Å². The Kier molecular flexibility index (Phi) is 5.23. The van der Waals surface area contributed by atoms with Gasteiger partial charge in [-0.25, -0.2) is 0 Å². The fourth-order valence-electron chi connectivity index (χ4n) is 2.66. The van der Waals surface area contributed by atoms with Crippen molar-refractivity contribution in [2.75, 3.05) is 23.3 Å². The molecule has 1 amide bonds. The minimum atomic E-state index is -0.258. The second-order valence-electron chi connectivity index (χ2n) is 5.61. The maximum atomic E-state index is 12.3. The summed E-state index contributed by atoms with van der Waals surface area (Å²) in [5, 5.41) is 11.2. The third kappa shape index (κ3) is 4.07. The minimum Gasteiger partial charge on any atom is -0.355 e. The van der Waals surface area contributed by atoms with Gasteiger partial charge < -0.3 is 10.2 Å². The lowest BCUT2D eigenvalue weighted by Gasteiger charge is -2.20. The first-order valence-corrected chi connectivity index (χ1v) is 8.68. The first-order valence-electron chi connectivity index (χ1n) is 7.88. The lowest BCUT2D eigenvalue weighted by molar-refractivity contribution is 0.102. The molecule has 0 radical (unpaired) electrons.